The molecule has 2 unspecified atom stereocenters. The molecule has 0 aromatic carbocycles. The SMILES string of the molecule is CC1=C(C(F)(F)F)C=C(NC(O)N2CCc3cc(C(=O)NO)sc3C2)CC1C. The summed E-state index contributed by atoms with van der Waals surface area (Å²) in [5.41, 5.74) is 2.53. The number of fused-ring (bicyclic) bond motifs is 1. The number of aliphatic hydroxyl groups is 1. The van der Waals surface area contributed by atoms with Crippen molar-refractivity contribution in [2.24, 2.45) is 5.92 Å². The molecule has 2 heterocycles. The number of hydrogen-bond acceptors (Lipinski definition) is 6. The van der Waals surface area contributed by atoms with Crippen LogP contribution in [0.25, 0.3) is 0 Å². The van der Waals surface area contributed by atoms with E-state index in [9.17, 15) is 23.1 Å². The van der Waals surface area contributed by atoms with Crippen LogP contribution in [0.3, 0.4) is 0 Å². The molecule has 28 heavy (non-hydrogen) atoms. The summed E-state index contributed by atoms with van der Waals surface area (Å²) in [6, 6.07) is 1.71. The number of nitrogens with zero attached hydrogens (tertiary/aromatic N) is 1. The van der Waals surface area contributed by atoms with Gasteiger partial charge in [-0.2, -0.15) is 13.2 Å². The highest BCUT2D eigenvalue weighted by molar-refractivity contribution is 7.14. The van der Waals surface area contributed by atoms with E-state index in [1.807, 2.05) is 0 Å². The van der Waals surface area contributed by atoms with E-state index >= 15 is 0 Å². The first kappa shape index (κ1) is 20.8. The number of rotatable bonds is 4. The third-order valence-electron chi connectivity index (χ3n) is 5.21. The van der Waals surface area contributed by atoms with E-state index < -0.39 is 24.0 Å². The molecule has 1 aliphatic heterocycles. The second-order valence-electron chi connectivity index (χ2n) is 7.11. The van der Waals surface area contributed by atoms with Crippen LogP contribution in [-0.2, 0) is 13.0 Å². The highest BCUT2D eigenvalue weighted by Gasteiger charge is 2.37. The Morgan fingerprint density at radius 3 is 2.79 bits per heavy atom. The zero-order chi connectivity index (χ0) is 20.6. The van der Waals surface area contributed by atoms with Gasteiger partial charge in [0.2, 0.25) is 0 Å². The Hall–Kier alpha value is -1.88. The fourth-order valence-corrected chi connectivity index (χ4v) is 4.60. The van der Waals surface area contributed by atoms with Crippen LogP contribution in [0.15, 0.2) is 29.0 Å². The largest absolute Gasteiger partial charge is 0.416 e. The molecule has 2 atom stereocenters. The number of thiophene rings is 1. The molecular formula is C18H22F3N3O3S. The summed E-state index contributed by atoms with van der Waals surface area (Å²) in [7, 11) is 0. The molecule has 0 bridgehead atoms. The van der Waals surface area contributed by atoms with E-state index in [1.54, 1.807) is 23.4 Å². The van der Waals surface area contributed by atoms with Gasteiger partial charge in [0, 0.05) is 23.7 Å². The van der Waals surface area contributed by atoms with Gasteiger partial charge in [0.05, 0.1) is 10.5 Å². The quantitative estimate of drug-likeness (QED) is 0.344. The smallest absolute Gasteiger partial charge is 0.361 e. The lowest BCUT2D eigenvalue weighted by atomic mass is 9.87. The summed E-state index contributed by atoms with van der Waals surface area (Å²) in [5, 5.41) is 22.1. The van der Waals surface area contributed by atoms with Crippen molar-refractivity contribution in [1.29, 1.82) is 0 Å². The lowest BCUT2D eigenvalue weighted by Gasteiger charge is -2.34. The van der Waals surface area contributed by atoms with Crippen LogP contribution in [0, 0.1) is 5.92 Å². The maximum absolute atomic E-state index is 13.2. The predicted molar refractivity (Wildman–Crippen MR) is 97.4 cm³/mol. The molecule has 1 aromatic rings. The molecular weight excluding hydrogens is 395 g/mol. The van der Waals surface area contributed by atoms with Crippen LogP contribution in [0.4, 0.5) is 13.2 Å². The topological polar surface area (TPSA) is 84.8 Å². The van der Waals surface area contributed by atoms with E-state index in [1.165, 1.54) is 18.3 Å². The fraction of sp³-hybridized carbons (Fsp3) is 0.500. The minimum Gasteiger partial charge on any atom is -0.361 e. The molecule has 0 saturated heterocycles. The van der Waals surface area contributed by atoms with Crippen LogP contribution >= 0.6 is 11.3 Å². The highest BCUT2D eigenvalue weighted by atomic mass is 32.1. The number of hydrogen-bond donors (Lipinski definition) is 4. The van der Waals surface area contributed by atoms with Gasteiger partial charge in [-0.05, 0) is 43.4 Å². The number of carbonyl (C=O) groups excluding carboxylic acids is 1. The van der Waals surface area contributed by atoms with Crippen molar-refractivity contribution in [2.75, 3.05) is 6.54 Å². The van der Waals surface area contributed by atoms with Gasteiger partial charge in [0.25, 0.3) is 5.91 Å². The Bertz CT molecular complexity index is 832. The number of allylic oxidation sites excluding steroid dienone is 4. The first-order valence-electron chi connectivity index (χ1n) is 8.83. The predicted octanol–water partition coefficient (Wildman–Crippen LogP) is 2.89. The summed E-state index contributed by atoms with van der Waals surface area (Å²) in [5.74, 6) is -0.867. The summed E-state index contributed by atoms with van der Waals surface area (Å²) < 4.78 is 39.7. The number of halogens is 3. The van der Waals surface area contributed by atoms with E-state index in [-0.39, 0.29) is 5.92 Å². The molecule has 4 N–H and O–H groups in total. The van der Waals surface area contributed by atoms with Gasteiger partial charge < -0.3 is 10.4 Å². The Balaban J connectivity index is 1.71. The van der Waals surface area contributed by atoms with Crippen LogP contribution in [0.1, 0.15) is 40.4 Å². The Labute approximate surface area is 164 Å². The van der Waals surface area contributed by atoms with Crippen molar-refractivity contribution in [1.82, 2.24) is 15.7 Å². The Morgan fingerprint density at radius 2 is 2.14 bits per heavy atom. The van der Waals surface area contributed by atoms with Crippen molar-refractivity contribution < 1.29 is 28.3 Å². The summed E-state index contributed by atoms with van der Waals surface area (Å²) in [4.78, 5) is 14.5. The molecule has 154 valence electrons. The van der Waals surface area contributed by atoms with Crippen LogP contribution in [-0.4, -0.2) is 40.2 Å². The van der Waals surface area contributed by atoms with Crippen molar-refractivity contribution in [3.05, 3.63) is 44.3 Å². The van der Waals surface area contributed by atoms with E-state index in [4.69, 9.17) is 5.21 Å². The molecule has 3 rings (SSSR count). The summed E-state index contributed by atoms with van der Waals surface area (Å²) in [6.07, 6.45) is -3.52. The van der Waals surface area contributed by atoms with Crippen molar-refractivity contribution in [3.8, 4) is 0 Å². The number of alkyl halides is 3. The minimum absolute atomic E-state index is 0.277. The Kier molecular flexibility index (Phi) is 5.85. The molecule has 1 aromatic heterocycles. The normalized spacial score (nSPS) is 21.8. The van der Waals surface area contributed by atoms with Gasteiger partial charge in [0.15, 0.2) is 6.35 Å². The molecule has 10 heteroatoms. The second kappa shape index (κ2) is 7.86. The van der Waals surface area contributed by atoms with Gasteiger partial charge in [-0.15, -0.1) is 11.3 Å². The second-order valence-corrected chi connectivity index (χ2v) is 8.24. The third-order valence-corrected chi connectivity index (χ3v) is 6.37. The van der Waals surface area contributed by atoms with Gasteiger partial charge >= 0.3 is 6.18 Å². The number of nitrogens with one attached hydrogen (secondary N) is 2. The van der Waals surface area contributed by atoms with Gasteiger partial charge in [-0.1, -0.05) is 12.5 Å². The molecule has 0 radical (unpaired) electrons. The lowest BCUT2D eigenvalue weighted by molar-refractivity contribution is -0.0900. The number of carbonyl (C=O) groups is 1. The van der Waals surface area contributed by atoms with Crippen molar-refractivity contribution >= 4 is 17.2 Å². The summed E-state index contributed by atoms with van der Waals surface area (Å²) in [6.45, 7) is 4.06. The molecule has 1 aliphatic carbocycles. The first-order valence-corrected chi connectivity index (χ1v) is 9.65. The first-order chi connectivity index (χ1) is 13.1. The number of aliphatic hydroxyl groups excluding tert-OH is 1. The average Bonchev–Trinajstić information content (AvgIpc) is 3.06. The van der Waals surface area contributed by atoms with E-state index in [2.05, 4.69) is 5.32 Å². The van der Waals surface area contributed by atoms with Gasteiger partial charge in [-0.25, -0.2) is 5.48 Å². The molecule has 0 spiro atoms. The maximum Gasteiger partial charge on any atom is 0.416 e. The Morgan fingerprint density at radius 1 is 1.43 bits per heavy atom. The van der Waals surface area contributed by atoms with E-state index in [0.717, 1.165) is 16.5 Å². The minimum atomic E-state index is -4.43. The lowest BCUT2D eigenvalue weighted by Crippen LogP contribution is -2.47. The molecule has 2 aliphatic rings. The van der Waals surface area contributed by atoms with E-state index in [0.29, 0.717) is 42.1 Å². The zero-order valence-corrected chi connectivity index (χ0v) is 16.2. The van der Waals surface area contributed by atoms with Crippen molar-refractivity contribution in [3.63, 3.8) is 0 Å². The average molecular weight is 417 g/mol. The summed E-state index contributed by atoms with van der Waals surface area (Å²) >= 11 is 1.22. The van der Waals surface area contributed by atoms with Gasteiger partial charge in [-0.3, -0.25) is 14.9 Å². The van der Waals surface area contributed by atoms with Crippen LogP contribution < -0.4 is 10.8 Å². The zero-order valence-electron chi connectivity index (χ0n) is 15.4. The monoisotopic (exact) mass is 417 g/mol. The van der Waals surface area contributed by atoms with Crippen LogP contribution in [0.2, 0.25) is 0 Å². The van der Waals surface area contributed by atoms with Gasteiger partial charge in [0.1, 0.15) is 0 Å². The molecule has 0 fully saturated rings. The number of amides is 1. The van der Waals surface area contributed by atoms with Crippen molar-refractivity contribution in [2.45, 2.75) is 45.8 Å². The molecule has 6 nitrogen and oxygen atoms in total. The third kappa shape index (κ3) is 4.24. The van der Waals surface area contributed by atoms with Crippen LogP contribution in [0.5, 0.6) is 0 Å². The maximum atomic E-state index is 13.2. The fourth-order valence-electron chi connectivity index (χ4n) is 3.47. The molecule has 0 saturated carbocycles. The molecule has 1 amide bonds. The highest BCUT2D eigenvalue weighted by Crippen LogP contribution is 2.38. The standard InChI is InChI=1S/C18H22F3N3O3S/c1-9-5-12(7-13(10(9)2)18(19,20)21)22-17(26)24-4-3-11-6-14(16(25)23-27)28-15(11)8-24/h6-7,9,17,22,26-27H,3-5,8H2,1-2H3,(H,23,25). The number of hydroxylamine groups is 1.